The molecule has 29 heavy (non-hydrogen) atoms. The van der Waals surface area contributed by atoms with E-state index in [2.05, 4.69) is 34.4 Å². The number of alkyl halides is 3. The molecular weight excluding hydrogens is 379 g/mol. The summed E-state index contributed by atoms with van der Waals surface area (Å²) >= 11 is 0. The summed E-state index contributed by atoms with van der Waals surface area (Å²) < 4.78 is 40.2. The van der Waals surface area contributed by atoms with E-state index in [1.807, 2.05) is 30.3 Å². The maximum absolute atomic E-state index is 13.4. The van der Waals surface area contributed by atoms with Crippen LogP contribution in [0.2, 0.25) is 0 Å². The molecule has 1 aromatic heterocycles. The number of aromatic nitrogens is 2. The Morgan fingerprint density at radius 3 is 2.31 bits per heavy atom. The van der Waals surface area contributed by atoms with Crippen molar-refractivity contribution in [3.63, 3.8) is 0 Å². The Morgan fingerprint density at radius 1 is 1.00 bits per heavy atom. The first-order valence-corrected chi connectivity index (χ1v) is 8.85. The maximum Gasteiger partial charge on any atom is 0.421 e. The number of halogens is 3. The van der Waals surface area contributed by atoms with Crippen LogP contribution in [0.3, 0.4) is 0 Å². The number of hydrogen-bond acceptors (Lipinski definition) is 5. The SMILES string of the molecule is CC(C)c1ccc(Nc2ncc(C(F)(F)F)c(Nc3ccccc3C#N)n2)cc1. The molecule has 0 aliphatic carbocycles. The molecule has 148 valence electrons. The van der Waals surface area contributed by atoms with Gasteiger partial charge in [-0.3, -0.25) is 0 Å². The highest BCUT2D eigenvalue weighted by atomic mass is 19.4. The van der Waals surface area contributed by atoms with Gasteiger partial charge in [-0.15, -0.1) is 0 Å². The van der Waals surface area contributed by atoms with Crippen molar-refractivity contribution >= 4 is 23.1 Å². The number of nitrogens with zero attached hydrogens (tertiary/aromatic N) is 3. The predicted molar refractivity (Wildman–Crippen MR) is 105 cm³/mol. The summed E-state index contributed by atoms with van der Waals surface area (Å²) in [5.74, 6) is -0.0638. The van der Waals surface area contributed by atoms with E-state index in [0.717, 1.165) is 11.8 Å². The molecule has 3 aromatic rings. The predicted octanol–water partition coefficient (Wildman–Crippen LogP) is 5.98. The Kier molecular flexibility index (Phi) is 5.69. The zero-order valence-electron chi connectivity index (χ0n) is 15.7. The topological polar surface area (TPSA) is 73.6 Å². The summed E-state index contributed by atoms with van der Waals surface area (Å²) in [7, 11) is 0. The van der Waals surface area contributed by atoms with E-state index >= 15 is 0 Å². The highest BCUT2D eigenvalue weighted by Crippen LogP contribution is 2.35. The second-order valence-corrected chi connectivity index (χ2v) is 6.64. The van der Waals surface area contributed by atoms with E-state index in [4.69, 9.17) is 0 Å². The second-order valence-electron chi connectivity index (χ2n) is 6.64. The third kappa shape index (κ3) is 4.82. The minimum atomic E-state index is -4.65. The number of nitriles is 1. The third-order valence-corrected chi connectivity index (χ3v) is 4.23. The van der Waals surface area contributed by atoms with Crippen molar-refractivity contribution in [3.05, 3.63) is 71.4 Å². The van der Waals surface area contributed by atoms with Crippen molar-refractivity contribution in [3.8, 4) is 6.07 Å². The van der Waals surface area contributed by atoms with Crippen LogP contribution >= 0.6 is 0 Å². The standard InChI is InChI=1S/C21H18F3N5/c1-13(2)14-7-9-16(10-8-14)27-20-26-12-17(21(22,23)24)19(29-20)28-18-6-4-3-5-15(18)11-25/h3-10,12-13H,1-2H3,(H2,26,27,28,29). The number of rotatable bonds is 5. The molecule has 0 bridgehead atoms. The Morgan fingerprint density at radius 2 is 1.69 bits per heavy atom. The van der Waals surface area contributed by atoms with Crippen molar-refractivity contribution in [1.82, 2.24) is 9.97 Å². The molecule has 8 heteroatoms. The van der Waals surface area contributed by atoms with Crippen LogP contribution in [-0.4, -0.2) is 9.97 Å². The fraction of sp³-hybridized carbons (Fsp3) is 0.190. The molecule has 2 aromatic carbocycles. The lowest BCUT2D eigenvalue weighted by Crippen LogP contribution is -2.13. The molecule has 0 saturated carbocycles. The molecule has 0 aliphatic rings. The molecule has 0 unspecified atom stereocenters. The van der Waals surface area contributed by atoms with Gasteiger partial charge in [0.15, 0.2) is 0 Å². The van der Waals surface area contributed by atoms with Gasteiger partial charge in [0.2, 0.25) is 5.95 Å². The molecule has 2 N–H and O–H groups in total. The summed E-state index contributed by atoms with van der Waals surface area (Å²) in [6.45, 7) is 4.14. The van der Waals surface area contributed by atoms with Crippen molar-refractivity contribution in [2.75, 3.05) is 10.6 Å². The summed E-state index contributed by atoms with van der Waals surface area (Å²) in [4.78, 5) is 7.80. The fourth-order valence-corrected chi connectivity index (χ4v) is 2.64. The average molecular weight is 397 g/mol. The van der Waals surface area contributed by atoms with Crippen molar-refractivity contribution < 1.29 is 13.2 Å². The lowest BCUT2D eigenvalue weighted by Gasteiger charge is -2.15. The molecular formula is C21H18F3N5. The van der Waals surface area contributed by atoms with Gasteiger partial charge in [0.05, 0.1) is 11.3 Å². The van der Waals surface area contributed by atoms with Crippen LogP contribution in [0.25, 0.3) is 0 Å². The molecule has 0 fully saturated rings. The highest BCUT2D eigenvalue weighted by Gasteiger charge is 2.35. The number of hydrogen-bond donors (Lipinski definition) is 2. The van der Waals surface area contributed by atoms with Crippen LogP contribution in [0.5, 0.6) is 0 Å². The Labute approximate surface area is 166 Å². The van der Waals surface area contributed by atoms with Crippen molar-refractivity contribution in [1.29, 1.82) is 5.26 Å². The minimum absolute atomic E-state index is 0.00670. The highest BCUT2D eigenvalue weighted by molar-refractivity contribution is 5.67. The number of para-hydroxylation sites is 1. The zero-order chi connectivity index (χ0) is 21.0. The van der Waals surface area contributed by atoms with Crippen LogP contribution in [0.1, 0.15) is 36.5 Å². The fourth-order valence-electron chi connectivity index (χ4n) is 2.64. The number of benzene rings is 2. The van der Waals surface area contributed by atoms with Gasteiger partial charge in [-0.2, -0.15) is 23.4 Å². The van der Waals surface area contributed by atoms with E-state index in [-0.39, 0.29) is 17.2 Å². The Hall–Kier alpha value is -3.60. The van der Waals surface area contributed by atoms with Gasteiger partial charge in [0.1, 0.15) is 17.5 Å². The molecule has 0 aliphatic heterocycles. The molecule has 0 spiro atoms. The van der Waals surface area contributed by atoms with E-state index in [0.29, 0.717) is 11.6 Å². The van der Waals surface area contributed by atoms with Crippen LogP contribution in [-0.2, 0) is 6.18 Å². The summed E-state index contributed by atoms with van der Waals surface area (Å²) in [6.07, 6.45) is -3.93. The average Bonchev–Trinajstić information content (AvgIpc) is 2.68. The van der Waals surface area contributed by atoms with Gasteiger partial charge in [-0.05, 0) is 35.7 Å². The summed E-state index contributed by atoms with van der Waals surface area (Å²) in [6, 6.07) is 15.7. The molecule has 1 heterocycles. The van der Waals surface area contributed by atoms with Crippen molar-refractivity contribution in [2.45, 2.75) is 25.9 Å². The molecule has 0 atom stereocenters. The molecule has 0 saturated heterocycles. The van der Waals surface area contributed by atoms with E-state index < -0.39 is 17.6 Å². The number of nitrogens with one attached hydrogen (secondary N) is 2. The summed E-state index contributed by atoms with van der Waals surface area (Å²) in [5, 5.41) is 14.7. The van der Waals surface area contributed by atoms with Crippen LogP contribution in [0.4, 0.5) is 36.3 Å². The van der Waals surface area contributed by atoms with Gasteiger partial charge in [0.25, 0.3) is 0 Å². The van der Waals surface area contributed by atoms with Crippen molar-refractivity contribution in [2.24, 2.45) is 0 Å². The Bertz CT molecular complexity index is 1040. The smallest absolute Gasteiger partial charge is 0.338 e. The van der Waals surface area contributed by atoms with E-state index in [1.165, 1.54) is 12.1 Å². The third-order valence-electron chi connectivity index (χ3n) is 4.23. The van der Waals surface area contributed by atoms with E-state index in [9.17, 15) is 18.4 Å². The molecule has 0 radical (unpaired) electrons. The van der Waals surface area contributed by atoms with Crippen LogP contribution in [0.15, 0.2) is 54.7 Å². The van der Waals surface area contributed by atoms with Gasteiger partial charge >= 0.3 is 6.18 Å². The second kappa shape index (κ2) is 8.19. The zero-order valence-corrected chi connectivity index (χ0v) is 15.7. The molecule has 5 nitrogen and oxygen atoms in total. The van der Waals surface area contributed by atoms with Crippen LogP contribution < -0.4 is 10.6 Å². The van der Waals surface area contributed by atoms with E-state index in [1.54, 1.807) is 12.1 Å². The summed E-state index contributed by atoms with van der Waals surface area (Å²) in [5.41, 5.74) is 1.20. The largest absolute Gasteiger partial charge is 0.421 e. The minimum Gasteiger partial charge on any atom is -0.338 e. The first-order valence-electron chi connectivity index (χ1n) is 8.85. The van der Waals surface area contributed by atoms with Gasteiger partial charge in [0, 0.05) is 11.9 Å². The maximum atomic E-state index is 13.4. The van der Waals surface area contributed by atoms with Gasteiger partial charge < -0.3 is 10.6 Å². The Balaban J connectivity index is 1.94. The van der Waals surface area contributed by atoms with Gasteiger partial charge in [-0.25, -0.2) is 4.98 Å². The lowest BCUT2D eigenvalue weighted by molar-refractivity contribution is -0.137. The normalized spacial score (nSPS) is 11.2. The number of anilines is 4. The first-order chi connectivity index (χ1) is 13.8. The lowest BCUT2D eigenvalue weighted by atomic mass is 10.0. The first kappa shape index (κ1) is 20.1. The van der Waals surface area contributed by atoms with Crippen LogP contribution in [0, 0.1) is 11.3 Å². The quantitative estimate of drug-likeness (QED) is 0.554. The molecule has 0 amide bonds. The van der Waals surface area contributed by atoms with Gasteiger partial charge in [-0.1, -0.05) is 38.1 Å². The monoisotopic (exact) mass is 397 g/mol. The molecule has 3 rings (SSSR count).